The SMILES string of the molecule is CCc1ccc2c(F)c(-c3cc(F)c(C(F)(F)F)c(F)c3)ccc2c1. The van der Waals surface area contributed by atoms with Crippen molar-refractivity contribution in [3.8, 4) is 11.1 Å². The zero-order valence-electron chi connectivity index (χ0n) is 13.0. The van der Waals surface area contributed by atoms with Gasteiger partial charge in [0.05, 0.1) is 0 Å². The second-order valence-corrected chi connectivity index (χ2v) is 5.65. The van der Waals surface area contributed by atoms with Gasteiger partial charge in [-0.2, -0.15) is 13.2 Å². The van der Waals surface area contributed by atoms with Crippen molar-refractivity contribution < 1.29 is 26.3 Å². The van der Waals surface area contributed by atoms with E-state index in [0.717, 1.165) is 12.0 Å². The molecule has 0 nitrogen and oxygen atoms in total. The summed E-state index contributed by atoms with van der Waals surface area (Å²) >= 11 is 0. The van der Waals surface area contributed by atoms with E-state index in [-0.39, 0.29) is 16.5 Å². The molecule has 0 bridgehead atoms. The van der Waals surface area contributed by atoms with Crippen LogP contribution in [0.5, 0.6) is 0 Å². The fourth-order valence-electron chi connectivity index (χ4n) is 2.78. The quantitative estimate of drug-likeness (QED) is 0.461. The molecule has 25 heavy (non-hydrogen) atoms. The zero-order chi connectivity index (χ0) is 18.4. The molecule has 0 aliphatic heterocycles. The molecule has 0 saturated heterocycles. The average molecular weight is 354 g/mol. The summed E-state index contributed by atoms with van der Waals surface area (Å²) in [6, 6.07) is 8.93. The molecule has 0 amide bonds. The summed E-state index contributed by atoms with van der Waals surface area (Å²) in [4.78, 5) is 0. The molecule has 3 aromatic rings. The van der Waals surface area contributed by atoms with Crippen LogP contribution in [0.4, 0.5) is 26.3 Å². The van der Waals surface area contributed by atoms with Crippen molar-refractivity contribution >= 4 is 10.8 Å². The molecular formula is C19H12F6. The van der Waals surface area contributed by atoms with E-state index in [2.05, 4.69) is 0 Å². The number of rotatable bonds is 2. The lowest BCUT2D eigenvalue weighted by molar-refractivity contribution is -0.142. The summed E-state index contributed by atoms with van der Waals surface area (Å²) in [6.07, 6.45) is -4.40. The summed E-state index contributed by atoms with van der Waals surface area (Å²) in [6.45, 7) is 1.94. The van der Waals surface area contributed by atoms with E-state index in [1.54, 1.807) is 24.3 Å². The molecule has 0 heterocycles. The maximum absolute atomic E-state index is 14.7. The lowest BCUT2D eigenvalue weighted by Gasteiger charge is -2.12. The topological polar surface area (TPSA) is 0 Å². The van der Waals surface area contributed by atoms with E-state index in [0.29, 0.717) is 17.5 Å². The highest BCUT2D eigenvalue weighted by Gasteiger charge is 2.38. The summed E-state index contributed by atoms with van der Waals surface area (Å²) in [5, 5.41) is 0.837. The van der Waals surface area contributed by atoms with Gasteiger partial charge < -0.3 is 0 Å². The molecule has 130 valence electrons. The fraction of sp³-hybridized carbons (Fsp3) is 0.158. The Kier molecular flexibility index (Phi) is 4.22. The van der Waals surface area contributed by atoms with E-state index in [1.165, 1.54) is 6.07 Å². The van der Waals surface area contributed by atoms with E-state index < -0.39 is 29.2 Å². The van der Waals surface area contributed by atoms with Gasteiger partial charge in [-0.15, -0.1) is 0 Å². The second-order valence-electron chi connectivity index (χ2n) is 5.65. The standard InChI is InChI=1S/C19H12F6/c1-2-10-3-5-13-11(7-10)4-6-14(18(13)22)12-8-15(20)17(16(21)9-12)19(23,24)25/h3-9H,2H2,1H3. The fourth-order valence-corrected chi connectivity index (χ4v) is 2.78. The Hall–Kier alpha value is -2.50. The summed E-state index contributed by atoms with van der Waals surface area (Å²) < 4.78 is 80.2. The highest BCUT2D eigenvalue weighted by molar-refractivity contribution is 5.88. The molecule has 6 heteroatoms. The molecule has 0 atom stereocenters. The predicted octanol–water partition coefficient (Wildman–Crippen LogP) is 6.51. The maximum Gasteiger partial charge on any atom is 0.422 e. The number of hydrogen-bond donors (Lipinski definition) is 0. The van der Waals surface area contributed by atoms with E-state index in [9.17, 15) is 26.3 Å². The maximum atomic E-state index is 14.7. The van der Waals surface area contributed by atoms with E-state index in [4.69, 9.17) is 0 Å². The Labute approximate surface area is 139 Å². The van der Waals surface area contributed by atoms with Gasteiger partial charge in [-0.25, -0.2) is 13.2 Å². The lowest BCUT2D eigenvalue weighted by Crippen LogP contribution is -2.11. The van der Waals surface area contributed by atoms with Gasteiger partial charge in [-0.3, -0.25) is 0 Å². The van der Waals surface area contributed by atoms with Gasteiger partial charge in [-0.1, -0.05) is 37.3 Å². The molecule has 0 unspecified atom stereocenters. The van der Waals surface area contributed by atoms with Gasteiger partial charge in [0.15, 0.2) is 0 Å². The van der Waals surface area contributed by atoms with Crippen LogP contribution < -0.4 is 0 Å². The Morgan fingerprint density at radius 1 is 0.840 bits per heavy atom. The van der Waals surface area contributed by atoms with Crippen molar-refractivity contribution in [2.45, 2.75) is 19.5 Å². The third-order valence-corrected chi connectivity index (χ3v) is 4.06. The van der Waals surface area contributed by atoms with Crippen molar-refractivity contribution in [1.29, 1.82) is 0 Å². The van der Waals surface area contributed by atoms with Crippen LogP contribution in [0.1, 0.15) is 18.1 Å². The number of hydrogen-bond acceptors (Lipinski definition) is 0. The van der Waals surface area contributed by atoms with Crippen molar-refractivity contribution in [2.75, 3.05) is 0 Å². The summed E-state index contributed by atoms with van der Waals surface area (Å²) in [5.74, 6) is -4.29. The zero-order valence-corrected chi connectivity index (χ0v) is 13.0. The van der Waals surface area contributed by atoms with Crippen LogP contribution in [0.15, 0.2) is 42.5 Å². The van der Waals surface area contributed by atoms with Crippen LogP contribution in [0.3, 0.4) is 0 Å². The molecule has 3 rings (SSSR count). The number of halogens is 6. The molecule has 0 saturated carbocycles. The monoisotopic (exact) mass is 354 g/mol. The van der Waals surface area contributed by atoms with Gasteiger partial charge in [0.25, 0.3) is 0 Å². The number of benzene rings is 3. The second kappa shape index (κ2) is 6.10. The summed E-state index contributed by atoms with van der Waals surface area (Å²) in [5.41, 5.74) is -1.44. The Balaban J connectivity index is 2.18. The highest BCUT2D eigenvalue weighted by Crippen LogP contribution is 2.37. The Morgan fingerprint density at radius 2 is 1.48 bits per heavy atom. The van der Waals surface area contributed by atoms with Crippen molar-refractivity contribution in [3.63, 3.8) is 0 Å². The normalized spacial score (nSPS) is 12.0. The van der Waals surface area contributed by atoms with Crippen LogP contribution in [0.2, 0.25) is 0 Å². The molecule has 0 fully saturated rings. The van der Waals surface area contributed by atoms with Crippen LogP contribution in [-0.4, -0.2) is 0 Å². The molecule has 0 aliphatic carbocycles. The van der Waals surface area contributed by atoms with Crippen LogP contribution in [0, 0.1) is 17.5 Å². The molecule has 0 aromatic heterocycles. The third kappa shape index (κ3) is 3.08. The van der Waals surface area contributed by atoms with Crippen LogP contribution >= 0.6 is 0 Å². The van der Waals surface area contributed by atoms with Gasteiger partial charge in [0.1, 0.15) is 23.0 Å². The largest absolute Gasteiger partial charge is 0.422 e. The molecule has 0 radical (unpaired) electrons. The smallest absolute Gasteiger partial charge is 0.206 e. The minimum atomic E-state index is -5.16. The van der Waals surface area contributed by atoms with Gasteiger partial charge in [-0.05, 0) is 35.1 Å². The van der Waals surface area contributed by atoms with Crippen molar-refractivity contribution in [1.82, 2.24) is 0 Å². The van der Waals surface area contributed by atoms with E-state index in [1.807, 2.05) is 6.92 Å². The van der Waals surface area contributed by atoms with Crippen molar-refractivity contribution in [2.24, 2.45) is 0 Å². The third-order valence-electron chi connectivity index (χ3n) is 4.06. The molecule has 0 N–H and O–H groups in total. The number of alkyl halides is 3. The van der Waals surface area contributed by atoms with Crippen LogP contribution in [-0.2, 0) is 12.6 Å². The van der Waals surface area contributed by atoms with Gasteiger partial charge >= 0.3 is 6.18 Å². The van der Waals surface area contributed by atoms with E-state index >= 15 is 0 Å². The first-order valence-electron chi connectivity index (χ1n) is 7.50. The first-order valence-corrected chi connectivity index (χ1v) is 7.50. The molecule has 0 spiro atoms. The Morgan fingerprint density at radius 3 is 2.04 bits per heavy atom. The van der Waals surface area contributed by atoms with Crippen LogP contribution in [0.25, 0.3) is 21.9 Å². The minimum absolute atomic E-state index is 0.164. The Bertz CT molecular complexity index is 933. The average Bonchev–Trinajstić information content (AvgIpc) is 2.52. The molecular weight excluding hydrogens is 342 g/mol. The predicted molar refractivity (Wildman–Crippen MR) is 83.6 cm³/mol. The molecule has 0 aliphatic rings. The number of aryl methyl sites for hydroxylation is 1. The summed E-state index contributed by atoms with van der Waals surface area (Å²) in [7, 11) is 0. The minimum Gasteiger partial charge on any atom is -0.206 e. The molecule has 3 aromatic carbocycles. The lowest BCUT2D eigenvalue weighted by atomic mass is 9.97. The number of fused-ring (bicyclic) bond motifs is 1. The van der Waals surface area contributed by atoms with Gasteiger partial charge in [0, 0.05) is 10.9 Å². The van der Waals surface area contributed by atoms with Gasteiger partial charge in [0.2, 0.25) is 0 Å². The first kappa shape index (κ1) is 17.3. The highest BCUT2D eigenvalue weighted by atomic mass is 19.4. The first-order chi connectivity index (χ1) is 11.7. The van der Waals surface area contributed by atoms with Crippen molar-refractivity contribution in [3.05, 3.63) is 71.0 Å².